The van der Waals surface area contributed by atoms with Gasteiger partial charge in [0, 0.05) is 51.7 Å². The van der Waals surface area contributed by atoms with E-state index in [2.05, 4.69) is 17.1 Å². The van der Waals surface area contributed by atoms with Crippen LogP contribution in [-0.4, -0.2) is 61.0 Å². The SMILES string of the molecule is CCCCCCC(=O)N1CC(N2CCNCC2)C1. The Labute approximate surface area is 111 Å². The van der Waals surface area contributed by atoms with Gasteiger partial charge in [0.25, 0.3) is 0 Å². The molecule has 1 amide bonds. The minimum absolute atomic E-state index is 0.373. The second kappa shape index (κ2) is 7.10. The highest BCUT2D eigenvalue weighted by Gasteiger charge is 2.34. The molecule has 2 rings (SSSR count). The molecule has 104 valence electrons. The number of rotatable bonds is 6. The molecule has 0 aromatic carbocycles. The highest BCUT2D eigenvalue weighted by atomic mass is 16.2. The van der Waals surface area contributed by atoms with Gasteiger partial charge in [-0.2, -0.15) is 0 Å². The lowest BCUT2D eigenvalue weighted by Gasteiger charge is -2.46. The highest BCUT2D eigenvalue weighted by molar-refractivity contribution is 5.77. The van der Waals surface area contributed by atoms with Crippen LogP contribution in [0.1, 0.15) is 39.0 Å². The number of carbonyl (C=O) groups excluding carboxylic acids is 1. The third-order valence-corrected chi connectivity index (χ3v) is 4.13. The Kier molecular flexibility index (Phi) is 5.45. The average Bonchev–Trinajstić information content (AvgIpc) is 2.34. The quantitative estimate of drug-likeness (QED) is 0.719. The maximum absolute atomic E-state index is 11.9. The molecule has 0 aromatic rings. The molecule has 2 aliphatic heterocycles. The summed E-state index contributed by atoms with van der Waals surface area (Å²) in [6.45, 7) is 8.61. The largest absolute Gasteiger partial charge is 0.339 e. The molecule has 0 unspecified atom stereocenters. The summed E-state index contributed by atoms with van der Waals surface area (Å²) in [5.74, 6) is 0.373. The standard InChI is InChI=1S/C14H27N3O/c1-2-3-4-5-6-14(18)17-11-13(12-17)16-9-7-15-8-10-16/h13,15H,2-12H2,1H3. The van der Waals surface area contributed by atoms with Crippen molar-refractivity contribution in [2.24, 2.45) is 0 Å². The van der Waals surface area contributed by atoms with E-state index in [1.54, 1.807) is 0 Å². The first kappa shape index (κ1) is 13.8. The first-order valence-corrected chi connectivity index (χ1v) is 7.54. The van der Waals surface area contributed by atoms with Gasteiger partial charge >= 0.3 is 0 Å². The summed E-state index contributed by atoms with van der Waals surface area (Å²) in [5, 5.41) is 3.37. The van der Waals surface area contributed by atoms with Gasteiger partial charge in [-0.25, -0.2) is 0 Å². The lowest BCUT2D eigenvalue weighted by Crippen LogP contribution is -2.63. The summed E-state index contributed by atoms with van der Waals surface area (Å²) in [6.07, 6.45) is 5.53. The molecule has 0 radical (unpaired) electrons. The molecular formula is C14H27N3O. The lowest BCUT2D eigenvalue weighted by molar-refractivity contribution is -0.139. The first-order chi connectivity index (χ1) is 8.81. The van der Waals surface area contributed by atoms with Crippen LogP contribution >= 0.6 is 0 Å². The lowest BCUT2D eigenvalue weighted by atomic mass is 10.0. The van der Waals surface area contributed by atoms with Crippen LogP contribution in [0.4, 0.5) is 0 Å². The van der Waals surface area contributed by atoms with Crippen molar-refractivity contribution in [2.75, 3.05) is 39.3 Å². The molecule has 0 saturated carbocycles. The molecule has 0 bridgehead atoms. The topological polar surface area (TPSA) is 35.6 Å². The molecule has 4 nitrogen and oxygen atoms in total. The summed E-state index contributed by atoms with van der Waals surface area (Å²) in [7, 11) is 0. The molecule has 2 saturated heterocycles. The van der Waals surface area contributed by atoms with Crippen molar-refractivity contribution in [2.45, 2.75) is 45.1 Å². The van der Waals surface area contributed by atoms with E-state index in [1.165, 1.54) is 19.3 Å². The van der Waals surface area contributed by atoms with E-state index in [1.807, 2.05) is 4.90 Å². The van der Waals surface area contributed by atoms with Gasteiger partial charge in [-0.05, 0) is 6.42 Å². The van der Waals surface area contributed by atoms with Crippen molar-refractivity contribution in [3.05, 3.63) is 0 Å². The van der Waals surface area contributed by atoms with E-state index in [4.69, 9.17) is 0 Å². The van der Waals surface area contributed by atoms with E-state index in [-0.39, 0.29) is 0 Å². The van der Waals surface area contributed by atoms with E-state index in [0.29, 0.717) is 11.9 Å². The maximum Gasteiger partial charge on any atom is 0.222 e. The zero-order valence-electron chi connectivity index (χ0n) is 11.7. The van der Waals surface area contributed by atoms with Gasteiger partial charge in [0.1, 0.15) is 0 Å². The zero-order valence-corrected chi connectivity index (χ0v) is 11.7. The van der Waals surface area contributed by atoms with Gasteiger partial charge in [-0.15, -0.1) is 0 Å². The Hall–Kier alpha value is -0.610. The Morgan fingerprint density at radius 3 is 2.56 bits per heavy atom. The Morgan fingerprint density at radius 2 is 1.89 bits per heavy atom. The summed E-state index contributed by atoms with van der Waals surface area (Å²) in [6, 6.07) is 0.631. The van der Waals surface area contributed by atoms with Crippen LogP contribution in [0.3, 0.4) is 0 Å². The zero-order chi connectivity index (χ0) is 12.8. The molecule has 18 heavy (non-hydrogen) atoms. The molecular weight excluding hydrogens is 226 g/mol. The second-order valence-corrected chi connectivity index (χ2v) is 5.55. The van der Waals surface area contributed by atoms with Crippen molar-refractivity contribution in [3.63, 3.8) is 0 Å². The van der Waals surface area contributed by atoms with E-state index in [9.17, 15) is 4.79 Å². The second-order valence-electron chi connectivity index (χ2n) is 5.55. The fourth-order valence-electron chi connectivity index (χ4n) is 2.80. The van der Waals surface area contributed by atoms with Crippen molar-refractivity contribution >= 4 is 5.91 Å². The molecule has 0 aliphatic carbocycles. The predicted octanol–water partition coefficient (Wildman–Crippen LogP) is 1.07. The molecule has 4 heteroatoms. The monoisotopic (exact) mass is 253 g/mol. The molecule has 0 spiro atoms. The van der Waals surface area contributed by atoms with Crippen molar-refractivity contribution in [1.82, 2.24) is 15.1 Å². The van der Waals surface area contributed by atoms with Gasteiger partial charge in [-0.3, -0.25) is 9.69 Å². The highest BCUT2D eigenvalue weighted by Crippen LogP contribution is 2.17. The molecule has 0 atom stereocenters. The van der Waals surface area contributed by atoms with Gasteiger partial charge in [-0.1, -0.05) is 26.2 Å². The fraction of sp³-hybridized carbons (Fsp3) is 0.929. The van der Waals surface area contributed by atoms with Crippen LogP contribution in [0, 0.1) is 0 Å². The van der Waals surface area contributed by atoms with Gasteiger partial charge in [0.05, 0.1) is 0 Å². The van der Waals surface area contributed by atoms with Crippen molar-refractivity contribution < 1.29 is 4.79 Å². The Balaban J connectivity index is 1.58. The number of unbranched alkanes of at least 4 members (excludes halogenated alkanes) is 3. The number of hydrogen-bond acceptors (Lipinski definition) is 3. The normalized spacial score (nSPS) is 21.9. The third kappa shape index (κ3) is 3.69. The van der Waals surface area contributed by atoms with E-state index >= 15 is 0 Å². The van der Waals surface area contributed by atoms with Crippen LogP contribution in [0.5, 0.6) is 0 Å². The summed E-state index contributed by atoms with van der Waals surface area (Å²) >= 11 is 0. The third-order valence-electron chi connectivity index (χ3n) is 4.13. The van der Waals surface area contributed by atoms with Gasteiger partial charge < -0.3 is 10.2 Å². The fourth-order valence-corrected chi connectivity index (χ4v) is 2.80. The molecule has 0 aromatic heterocycles. The Morgan fingerprint density at radius 1 is 1.17 bits per heavy atom. The number of amides is 1. The van der Waals surface area contributed by atoms with Crippen LogP contribution in [0.25, 0.3) is 0 Å². The minimum Gasteiger partial charge on any atom is -0.339 e. The predicted molar refractivity (Wildman–Crippen MR) is 73.6 cm³/mol. The maximum atomic E-state index is 11.9. The Bertz CT molecular complexity index is 258. The molecule has 1 N–H and O–H groups in total. The number of likely N-dealkylation sites (tertiary alicyclic amines) is 1. The summed E-state index contributed by atoms with van der Waals surface area (Å²) < 4.78 is 0. The average molecular weight is 253 g/mol. The van der Waals surface area contributed by atoms with E-state index < -0.39 is 0 Å². The molecule has 2 aliphatic rings. The number of nitrogens with zero attached hydrogens (tertiary/aromatic N) is 2. The van der Waals surface area contributed by atoms with Crippen LogP contribution < -0.4 is 5.32 Å². The number of nitrogens with one attached hydrogen (secondary N) is 1. The summed E-state index contributed by atoms with van der Waals surface area (Å²) in [5.41, 5.74) is 0. The summed E-state index contributed by atoms with van der Waals surface area (Å²) in [4.78, 5) is 16.5. The number of hydrogen-bond donors (Lipinski definition) is 1. The van der Waals surface area contributed by atoms with E-state index in [0.717, 1.165) is 52.1 Å². The number of carbonyl (C=O) groups is 1. The molecule has 2 fully saturated rings. The van der Waals surface area contributed by atoms with Crippen molar-refractivity contribution in [1.29, 1.82) is 0 Å². The van der Waals surface area contributed by atoms with Crippen LogP contribution in [-0.2, 0) is 4.79 Å². The van der Waals surface area contributed by atoms with Crippen molar-refractivity contribution in [3.8, 4) is 0 Å². The smallest absolute Gasteiger partial charge is 0.222 e. The molecule has 2 heterocycles. The van der Waals surface area contributed by atoms with Crippen LogP contribution in [0.15, 0.2) is 0 Å². The first-order valence-electron chi connectivity index (χ1n) is 7.54. The minimum atomic E-state index is 0.373. The van der Waals surface area contributed by atoms with Crippen LogP contribution in [0.2, 0.25) is 0 Å². The van der Waals surface area contributed by atoms with Gasteiger partial charge in [0.15, 0.2) is 0 Å². The van der Waals surface area contributed by atoms with Gasteiger partial charge in [0.2, 0.25) is 5.91 Å². The number of piperazine rings is 1.